The Kier molecular flexibility index (Phi) is 3.98. The fourth-order valence-electron chi connectivity index (χ4n) is 2.35. The molecule has 1 aliphatic carbocycles. The summed E-state index contributed by atoms with van der Waals surface area (Å²) < 4.78 is 0. The molecule has 1 N–H and O–H groups in total. The summed E-state index contributed by atoms with van der Waals surface area (Å²) in [5, 5.41) is 7.10. The summed E-state index contributed by atoms with van der Waals surface area (Å²) in [6.07, 6.45) is 4.10. The molecule has 90 valence electrons. The van der Waals surface area contributed by atoms with Gasteiger partial charge in [-0.3, -0.25) is 0 Å². The van der Waals surface area contributed by atoms with E-state index in [0.717, 1.165) is 12.5 Å². The first-order valence-electron chi connectivity index (χ1n) is 6.34. The van der Waals surface area contributed by atoms with Crippen LogP contribution in [0.5, 0.6) is 0 Å². The van der Waals surface area contributed by atoms with E-state index < -0.39 is 0 Å². The van der Waals surface area contributed by atoms with E-state index in [2.05, 4.69) is 36.5 Å². The zero-order valence-corrected chi connectivity index (χ0v) is 11.3. The molecule has 0 aromatic carbocycles. The Morgan fingerprint density at radius 1 is 1.50 bits per heavy atom. The molecule has 1 saturated carbocycles. The van der Waals surface area contributed by atoms with E-state index in [4.69, 9.17) is 0 Å². The number of nitrogens with zero attached hydrogens (tertiary/aromatic N) is 1. The van der Waals surface area contributed by atoms with E-state index in [1.165, 1.54) is 30.0 Å². The Balaban J connectivity index is 1.84. The quantitative estimate of drug-likeness (QED) is 0.868. The lowest BCUT2D eigenvalue weighted by Gasteiger charge is -2.16. The molecule has 2 unspecified atom stereocenters. The zero-order valence-electron chi connectivity index (χ0n) is 10.5. The first kappa shape index (κ1) is 12.1. The monoisotopic (exact) mass is 238 g/mol. The normalized spacial score (nSPS) is 25.5. The number of rotatable bonds is 4. The fraction of sp³-hybridized carbons (Fsp3) is 0.769. The maximum atomic E-state index is 4.65. The van der Waals surface area contributed by atoms with Crippen molar-refractivity contribution in [3.8, 4) is 0 Å². The maximum Gasteiger partial charge on any atom is 0.0954 e. The van der Waals surface area contributed by atoms with Gasteiger partial charge < -0.3 is 5.32 Å². The van der Waals surface area contributed by atoms with E-state index in [9.17, 15) is 0 Å². The van der Waals surface area contributed by atoms with Gasteiger partial charge in [0.2, 0.25) is 0 Å². The largest absolute Gasteiger partial charge is 0.308 e. The molecule has 1 aromatic rings. The average molecular weight is 238 g/mol. The third kappa shape index (κ3) is 2.83. The van der Waals surface area contributed by atoms with Gasteiger partial charge in [-0.05, 0) is 18.8 Å². The minimum absolute atomic E-state index is 0.559. The lowest BCUT2D eigenvalue weighted by atomic mass is 10.1. The third-order valence-corrected chi connectivity index (χ3v) is 4.66. The second-order valence-corrected chi connectivity index (χ2v) is 6.12. The molecule has 1 fully saturated rings. The number of nitrogens with one attached hydrogen (secondary N) is 1. The molecular formula is C13H22N2S. The van der Waals surface area contributed by atoms with Gasteiger partial charge in [0.1, 0.15) is 0 Å². The van der Waals surface area contributed by atoms with Crippen molar-refractivity contribution in [3.05, 3.63) is 16.1 Å². The molecule has 3 heteroatoms. The van der Waals surface area contributed by atoms with E-state index in [1.807, 2.05) is 0 Å². The Morgan fingerprint density at radius 2 is 2.31 bits per heavy atom. The Hall–Kier alpha value is -0.410. The highest BCUT2D eigenvalue weighted by Crippen LogP contribution is 2.25. The van der Waals surface area contributed by atoms with Gasteiger partial charge in [-0.25, -0.2) is 4.98 Å². The topological polar surface area (TPSA) is 24.9 Å². The molecule has 1 heterocycles. The van der Waals surface area contributed by atoms with Crippen molar-refractivity contribution in [1.29, 1.82) is 0 Å². The highest BCUT2D eigenvalue weighted by Gasteiger charge is 2.22. The standard InChI is InChI=1S/C13H22N2S/c1-9(2)13-15-11(8-16-13)7-14-12-6-4-5-10(12)3/h8-10,12,14H,4-7H2,1-3H3. The Labute approximate surface area is 102 Å². The molecule has 0 amide bonds. The highest BCUT2D eigenvalue weighted by atomic mass is 32.1. The van der Waals surface area contributed by atoms with Crippen LogP contribution in [0.1, 0.15) is 56.7 Å². The van der Waals surface area contributed by atoms with Crippen LogP contribution in [-0.4, -0.2) is 11.0 Å². The van der Waals surface area contributed by atoms with Gasteiger partial charge in [-0.2, -0.15) is 0 Å². The van der Waals surface area contributed by atoms with E-state index in [0.29, 0.717) is 12.0 Å². The second-order valence-electron chi connectivity index (χ2n) is 5.23. The van der Waals surface area contributed by atoms with E-state index in [-0.39, 0.29) is 0 Å². The predicted molar refractivity (Wildman–Crippen MR) is 69.8 cm³/mol. The van der Waals surface area contributed by atoms with Crippen molar-refractivity contribution in [1.82, 2.24) is 10.3 Å². The van der Waals surface area contributed by atoms with Crippen molar-refractivity contribution in [2.75, 3.05) is 0 Å². The summed E-state index contributed by atoms with van der Waals surface area (Å²) in [4.78, 5) is 4.65. The van der Waals surface area contributed by atoms with Crippen LogP contribution in [0.25, 0.3) is 0 Å². The fourth-order valence-corrected chi connectivity index (χ4v) is 3.19. The van der Waals surface area contributed by atoms with Crippen LogP contribution in [0.4, 0.5) is 0 Å². The van der Waals surface area contributed by atoms with Crippen LogP contribution in [0.3, 0.4) is 0 Å². The molecule has 2 atom stereocenters. The van der Waals surface area contributed by atoms with Crippen molar-refractivity contribution in [2.24, 2.45) is 5.92 Å². The van der Waals surface area contributed by atoms with Crippen molar-refractivity contribution < 1.29 is 0 Å². The van der Waals surface area contributed by atoms with Crippen LogP contribution >= 0.6 is 11.3 Å². The summed E-state index contributed by atoms with van der Waals surface area (Å²) in [5.74, 6) is 1.40. The highest BCUT2D eigenvalue weighted by molar-refractivity contribution is 7.09. The van der Waals surface area contributed by atoms with E-state index in [1.54, 1.807) is 11.3 Å². The average Bonchev–Trinajstić information content (AvgIpc) is 2.83. The first-order valence-corrected chi connectivity index (χ1v) is 7.22. The predicted octanol–water partition coefficient (Wildman–Crippen LogP) is 3.54. The molecule has 0 bridgehead atoms. The van der Waals surface area contributed by atoms with Gasteiger partial charge in [0.05, 0.1) is 10.7 Å². The molecule has 1 aromatic heterocycles. The Morgan fingerprint density at radius 3 is 2.88 bits per heavy atom. The van der Waals surface area contributed by atoms with Gasteiger partial charge in [-0.15, -0.1) is 11.3 Å². The summed E-state index contributed by atoms with van der Waals surface area (Å²) in [6.45, 7) is 7.70. The molecule has 1 aliphatic rings. The minimum atomic E-state index is 0.559. The van der Waals surface area contributed by atoms with Gasteiger partial charge in [0.25, 0.3) is 0 Å². The molecular weight excluding hydrogens is 216 g/mol. The van der Waals surface area contributed by atoms with Gasteiger partial charge in [-0.1, -0.05) is 27.2 Å². The molecule has 2 nitrogen and oxygen atoms in total. The SMILES string of the molecule is CC(C)c1nc(CNC2CCCC2C)cs1. The maximum absolute atomic E-state index is 4.65. The van der Waals surface area contributed by atoms with Crippen LogP contribution in [-0.2, 0) is 6.54 Å². The van der Waals surface area contributed by atoms with Crippen LogP contribution in [0, 0.1) is 5.92 Å². The van der Waals surface area contributed by atoms with Gasteiger partial charge in [0.15, 0.2) is 0 Å². The smallest absolute Gasteiger partial charge is 0.0954 e. The van der Waals surface area contributed by atoms with Gasteiger partial charge in [0, 0.05) is 23.9 Å². The van der Waals surface area contributed by atoms with Crippen LogP contribution in [0.15, 0.2) is 5.38 Å². The van der Waals surface area contributed by atoms with Crippen molar-refractivity contribution >= 4 is 11.3 Å². The molecule has 0 aliphatic heterocycles. The minimum Gasteiger partial charge on any atom is -0.308 e. The van der Waals surface area contributed by atoms with Crippen molar-refractivity contribution in [2.45, 2.75) is 58.5 Å². The summed E-state index contributed by atoms with van der Waals surface area (Å²) >= 11 is 1.79. The number of hydrogen-bond acceptors (Lipinski definition) is 3. The Bertz CT molecular complexity index is 332. The summed E-state index contributed by atoms with van der Waals surface area (Å²) in [7, 11) is 0. The van der Waals surface area contributed by atoms with Crippen molar-refractivity contribution in [3.63, 3.8) is 0 Å². The first-order chi connectivity index (χ1) is 7.66. The van der Waals surface area contributed by atoms with Crippen LogP contribution in [0.2, 0.25) is 0 Å². The molecule has 2 rings (SSSR count). The molecule has 16 heavy (non-hydrogen) atoms. The van der Waals surface area contributed by atoms with E-state index >= 15 is 0 Å². The number of thiazole rings is 1. The third-order valence-electron chi connectivity index (χ3n) is 3.47. The molecule has 0 radical (unpaired) electrons. The second kappa shape index (κ2) is 5.28. The molecule has 0 saturated heterocycles. The number of aromatic nitrogens is 1. The zero-order chi connectivity index (χ0) is 11.5. The molecule has 0 spiro atoms. The van der Waals surface area contributed by atoms with Gasteiger partial charge >= 0.3 is 0 Å². The summed E-state index contributed by atoms with van der Waals surface area (Å²) in [6, 6.07) is 0.712. The lowest BCUT2D eigenvalue weighted by molar-refractivity contribution is 0.424. The lowest BCUT2D eigenvalue weighted by Crippen LogP contribution is -2.30. The number of hydrogen-bond donors (Lipinski definition) is 1. The van der Waals surface area contributed by atoms with Crippen LogP contribution < -0.4 is 5.32 Å². The summed E-state index contributed by atoms with van der Waals surface area (Å²) in [5.41, 5.74) is 1.22.